The Kier molecular flexibility index (Phi) is 3.88. The van der Waals surface area contributed by atoms with Gasteiger partial charge in [0.25, 0.3) is 0 Å². The summed E-state index contributed by atoms with van der Waals surface area (Å²) in [5.41, 5.74) is 2.14. The van der Waals surface area contributed by atoms with Gasteiger partial charge < -0.3 is 14.1 Å². The van der Waals surface area contributed by atoms with Gasteiger partial charge in [-0.05, 0) is 23.6 Å². The van der Waals surface area contributed by atoms with E-state index in [0.717, 1.165) is 29.3 Å². The van der Waals surface area contributed by atoms with Crippen LogP contribution in [0.25, 0.3) is 33.4 Å². The summed E-state index contributed by atoms with van der Waals surface area (Å²) in [6.45, 7) is 2.91. The van der Waals surface area contributed by atoms with Crippen LogP contribution in [-0.4, -0.2) is 41.3 Å². The number of aromatic nitrogens is 3. The van der Waals surface area contributed by atoms with Gasteiger partial charge in [-0.25, -0.2) is 9.97 Å². The fourth-order valence-corrected chi connectivity index (χ4v) is 3.68. The fourth-order valence-electron chi connectivity index (χ4n) is 3.02. The van der Waals surface area contributed by atoms with Crippen molar-refractivity contribution in [3.8, 4) is 22.2 Å². The highest BCUT2D eigenvalue weighted by atomic mass is 32.1. The molecule has 4 heterocycles. The molecule has 130 valence electrons. The number of hydrogen-bond acceptors (Lipinski definition) is 7. The second kappa shape index (κ2) is 6.51. The molecule has 5 rings (SSSR count). The number of nitrogens with zero attached hydrogens (tertiary/aromatic N) is 4. The molecule has 0 bridgehead atoms. The van der Waals surface area contributed by atoms with Crippen LogP contribution in [0.15, 0.2) is 52.3 Å². The Morgan fingerprint density at radius 2 is 1.77 bits per heavy atom. The number of thiophene rings is 1. The Labute approximate surface area is 154 Å². The highest BCUT2D eigenvalue weighted by Crippen LogP contribution is 2.32. The summed E-state index contributed by atoms with van der Waals surface area (Å²) in [4.78, 5) is 17.3. The van der Waals surface area contributed by atoms with Crippen molar-refractivity contribution in [2.24, 2.45) is 0 Å². The van der Waals surface area contributed by atoms with E-state index in [1.807, 2.05) is 47.8 Å². The van der Waals surface area contributed by atoms with Crippen LogP contribution in [-0.2, 0) is 4.74 Å². The van der Waals surface area contributed by atoms with Crippen LogP contribution in [0, 0.1) is 0 Å². The van der Waals surface area contributed by atoms with E-state index in [2.05, 4.69) is 14.9 Å². The molecule has 0 aliphatic carbocycles. The SMILES string of the molecule is c1ccc(-c2nc3nc(-c4cccs4)nc(N4CCOCC4)c3o2)cc1. The Hall–Kier alpha value is -2.77. The van der Waals surface area contributed by atoms with E-state index in [4.69, 9.17) is 14.1 Å². The summed E-state index contributed by atoms with van der Waals surface area (Å²) >= 11 is 1.62. The van der Waals surface area contributed by atoms with Crippen molar-refractivity contribution in [2.75, 3.05) is 31.2 Å². The monoisotopic (exact) mass is 364 g/mol. The van der Waals surface area contributed by atoms with Crippen LogP contribution < -0.4 is 4.90 Å². The van der Waals surface area contributed by atoms with Crippen molar-refractivity contribution in [3.63, 3.8) is 0 Å². The van der Waals surface area contributed by atoms with Gasteiger partial charge in [-0.2, -0.15) is 4.98 Å². The van der Waals surface area contributed by atoms with Gasteiger partial charge in [0.15, 0.2) is 11.6 Å². The molecule has 0 atom stereocenters. The largest absolute Gasteiger partial charge is 0.430 e. The van der Waals surface area contributed by atoms with Gasteiger partial charge in [0.2, 0.25) is 17.1 Å². The highest BCUT2D eigenvalue weighted by Gasteiger charge is 2.22. The smallest absolute Gasteiger partial charge is 0.229 e. The predicted molar refractivity (Wildman–Crippen MR) is 101 cm³/mol. The Morgan fingerprint density at radius 3 is 2.54 bits per heavy atom. The molecule has 0 N–H and O–H groups in total. The zero-order valence-corrected chi connectivity index (χ0v) is 14.8. The molecular weight excluding hydrogens is 348 g/mol. The first-order valence-electron chi connectivity index (χ1n) is 8.49. The van der Waals surface area contributed by atoms with Crippen molar-refractivity contribution < 1.29 is 9.15 Å². The molecule has 0 unspecified atom stereocenters. The molecule has 6 nitrogen and oxygen atoms in total. The van der Waals surface area contributed by atoms with Crippen molar-refractivity contribution in [2.45, 2.75) is 0 Å². The summed E-state index contributed by atoms with van der Waals surface area (Å²) in [6.07, 6.45) is 0. The standard InChI is InChI=1S/C19H16N4O2S/c1-2-5-13(6-3-1)19-22-17-15(25-19)18(23-8-10-24-11-9-23)21-16(20-17)14-7-4-12-26-14/h1-7,12H,8-11H2. The average Bonchev–Trinajstić information content (AvgIpc) is 3.38. The topological polar surface area (TPSA) is 64.3 Å². The van der Waals surface area contributed by atoms with Crippen molar-refractivity contribution in [3.05, 3.63) is 47.8 Å². The molecule has 1 fully saturated rings. The van der Waals surface area contributed by atoms with E-state index in [1.54, 1.807) is 11.3 Å². The van der Waals surface area contributed by atoms with E-state index < -0.39 is 0 Å². The molecule has 1 aromatic carbocycles. The molecule has 4 aromatic rings. The van der Waals surface area contributed by atoms with Crippen molar-refractivity contribution in [1.82, 2.24) is 15.0 Å². The quantitative estimate of drug-likeness (QED) is 0.550. The lowest BCUT2D eigenvalue weighted by atomic mass is 10.2. The Balaban J connectivity index is 1.69. The van der Waals surface area contributed by atoms with E-state index in [-0.39, 0.29) is 0 Å². The van der Waals surface area contributed by atoms with E-state index >= 15 is 0 Å². The van der Waals surface area contributed by atoms with Crippen LogP contribution in [0.2, 0.25) is 0 Å². The maximum atomic E-state index is 6.10. The van der Waals surface area contributed by atoms with Crippen LogP contribution in [0.1, 0.15) is 0 Å². The maximum absolute atomic E-state index is 6.10. The number of oxazole rings is 1. The molecule has 0 radical (unpaired) electrons. The summed E-state index contributed by atoms with van der Waals surface area (Å²) in [5.74, 6) is 2.03. The number of fused-ring (bicyclic) bond motifs is 1. The number of hydrogen-bond donors (Lipinski definition) is 0. The molecule has 0 saturated carbocycles. The molecule has 7 heteroatoms. The van der Waals surface area contributed by atoms with Crippen LogP contribution in [0.4, 0.5) is 5.82 Å². The molecule has 0 spiro atoms. The Morgan fingerprint density at radius 1 is 0.923 bits per heavy atom. The molecule has 1 aliphatic heterocycles. The first-order valence-corrected chi connectivity index (χ1v) is 9.37. The van der Waals surface area contributed by atoms with E-state index in [1.165, 1.54) is 0 Å². The number of rotatable bonds is 3. The van der Waals surface area contributed by atoms with Gasteiger partial charge in [0, 0.05) is 18.7 Å². The minimum atomic E-state index is 0.563. The number of benzene rings is 1. The number of morpholine rings is 1. The minimum absolute atomic E-state index is 0.563. The number of anilines is 1. The summed E-state index contributed by atoms with van der Waals surface area (Å²) in [6, 6.07) is 13.9. The summed E-state index contributed by atoms with van der Waals surface area (Å²) in [5, 5.41) is 2.02. The molecular formula is C19H16N4O2S. The van der Waals surface area contributed by atoms with Gasteiger partial charge >= 0.3 is 0 Å². The third-order valence-corrected chi connectivity index (χ3v) is 5.17. The molecule has 3 aromatic heterocycles. The van der Waals surface area contributed by atoms with Crippen molar-refractivity contribution >= 4 is 28.4 Å². The second-order valence-electron chi connectivity index (χ2n) is 5.99. The third-order valence-electron chi connectivity index (χ3n) is 4.31. The zero-order valence-electron chi connectivity index (χ0n) is 14.0. The predicted octanol–water partition coefficient (Wildman–Crippen LogP) is 3.85. The van der Waals surface area contributed by atoms with Crippen LogP contribution >= 0.6 is 11.3 Å². The van der Waals surface area contributed by atoms with Gasteiger partial charge in [-0.3, -0.25) is 0 Å². The lowest BCUT2D eigenvalue weighted by molar-refractivity contribution is 0.122. The van der Waals surface area contributed by atoms with Crippen molar-refractivity contribution in [1.29, 1.82) is 0 Å². The summed E-state index contributed by atoms with van der Waals surface area (Å²) < 4.78 is 11.6. The van der Waals surface area contributed by atoms with Gasteiger partial charge in [-0.15, -0.1) is 11.3 Å². The molecule has 1 saturated heterocycles. The lowest BCUT2D eigenvalue weighted by Crippen LogP contribution is -2.37. The fraction of sp³-hybridized carbons (Fsp3) is 0.211. The van der Waals surface area contributed by atoms with E-state index in [9.17, 15) is 0 Å². The second-order valence-corrected chi connectivity index (χ2v) is 6.93. The number of ether oxygens (including phenoxy) is 1. The van der Waals surface area contributed by atoms with Crippen LogP contribution in [0.5, 0.6) is 0 Å². The molecule has 26 heavy (non-hydrogen) atoms. The normalized spacial score (nSPS) is 14.8. The van der Waals surface area contributed by atoms with E-state index in [0.29, 0.717) is 36.2 Å². The minimum Gasteiger partial charge on any atom is -0.430 e. The Bertz CT molecular complexity index is 1020. The van der Waals surface area contributed by atoms with Crippen LogP contribution in [0.3, 0.4) is 0 Å². The van der Waals surface area contributed by atoms with Gasteiger partial charge in [-0.1, -0.05) is 24.3 Å². The molecule has 0 amide bonds. The average molecular weight is 364 g/mol. The zero-order chi connectivity index (χ0) is 17.3. The lowest BCUT2D eigenvalue weighted by Gasteiger charge is -2.27. The third kappa shape index (κ3) is 2.75. The first-order chi connectivity index (χ1) is 12.9. The molecule has 1 aliphatic rings. The maximum Gasteiger partial charge on any atom is 0.229 e. The highest BCUT2D eigenvalue weighted by molar-refractivity contribution is 7.13. The van der Waals surface area contributed by atoms with Gasteiger partial charge in [0.05, 0.1) is 18.1 Å². The first kappa shape index (κ1) is 15.5. The summed E-state index contributed by atoms with van der Waals surface area (Å²) in [7, 11) is 0. The van der Waals surface area contributed by atoms with Gasteiger partial charge in [0.1, 0.15) is 0 Å².